The molecule has 0 aliphatic carbocycles. The Labute approximate surface area is 134 Å². The van der Waals surface area contributed by atoms with E-state index in [2.05, 4.69) is 0 Å². The van der Waals surface area contributed by atoms with Crippen LogP contribution in [0.3, 0.4) is 0 Å². The summed E-state index contributed by atoms with van der Waals surface area (Å²) < 4.78 is 10.4. The first-order valence-corrected chi connectivity index (χ1v) is 6.99. The molecule has 1 unspecified atom stereocenters. The number of hydrogen-bond acceptors (Lipinski definition) is 6. The fourth-order valence-electron chi connectivity index (χ4n) is 2.48. The lowest BCUT2D eigenvalue weighted by Gasteiger charge is -2.26. The first-order chi connectivity index (χ1) is 11.0. The van der Waals surface area contributed by atoms with Crippen molar-refractivity contribution in [2.45, 2.75) is 19.8 Å². The molecular weight excluding hydrogens is 294 g/mol. The molecule has 0 saturated carbocycles. The third-order valence-electron chi connectivity index (χ3n) is 3.45. The highest BCUT2D eigenvalue weighted by molar-refractivity contribution is 5.92. The van der Waals surface area contributed by atoms with Crippen LogP contribution >= 0.6 is 0 Å². The van der Waals surface area contributed by atoms with Crippen molar-refractivity contribution in [3.8, 4) is 12.1 Å². The van der Waals surface area contributed by atoms with Crippen LogP contribution in [-0.2, 0) is 14.3 Å². The summed E-state index contributed by atoms with van der Waals surface area (Å²) >= 11 is 0. The van der Waals surface area contributed by atoms with Gasteiger partial charge < -0.3 is 15.2 Å². The topological polar surface area (TPSA) is 109 Å². The van der Waals surface area contributed by atoms with Crippen molar-refractivity contribution in [3.63, 3.8) is 0 Å². The summed E-state index contributed by atoms with van der Waals surface area (Å²) in [5, 5.41) is 18.5. The van der Waals surface area contributed by atoms with Gasteiger partial charge in [-0.15, -0.1) is 0 Å². The van der Waals surface area contributed by atoms with E-state index in [0.29, 0.717) is 11.1 Å². The SMILES string of the molecule is CCOC(=O)C1=C(C)OC(N)=C(C#N)C1c1cccc(C#N)c1. The highest BCUT2D eigenvalue weighted by Crippen LogP contribution is 2.39. The van der Waals surface area contributed by atoms with E-state index in [0.717, 1.165) is 0 Å². The van der Waals surface area contributed by atoms with Crippen LogP contribution in [0.5, 0.6) is 0 Å². The third kappa shape index (κ3) is 3.02. The van der Waals surface area contributed by atoms with Gasteiger partial charge in [-0.2, -0.15) is 10.5 Å². The van der Waals surface area contributed by atoms with E-state index in [1.165, 1.54) is 0 Å². The maximum absolute atomic E-state index is 12.3. The summed E-state index contributed by atoms with van der Waals surface area (Å²) in [4.78, 5) is 12.3. The zero-order chi connectivity index (χ0) is 17.0. The quantitative estimate of drug-likeness (QED) is 0.857. The molecule has 2 N–H and O–H groups in total. The lowest BCUT2D eigenvalue weighted by molar-refractivity contribution is -0.139. The molecule has 1 aliphatic rings. The largest absolute Gasteiger partial charge is 0.463 e. The molecule has 0 radical (unpaired) electrons. The fourth-order valence-corrected chi connectivity index (χ4v) is 2.48. The van der Waals surface area contributed by atoms with E-state index in [4.69, 9.17) is 20.5 Å². The van der Waals surface area contributed by atoms with Crippen LogP contribution in [0.2, 0.25) is 0 Å². The van der Waals surface area contributed by atoms with Crippen molar-refractivity contribution in [1.29, 1.82) is 10.5 Å². The molecule has 0 saturated heterocycles. The number of esters is 1. The van der Waals surface area contributed by atoms with Gasteiger partial charge >= 0.3 is 5.97 Å². The Balaban J connectivity index is 2.64. The van der Waals surface area contributed by atoms with Gasteiger partial charge in [0.2, 0.25) is 5.88 Å². The molecule has 1 aromatic carbocycles. The Morgan fingerprint density at radius 2 is 2.13 bits per heavy atom. The van der Waals surface area contributed by atoms with E-state index >= 15 is 0 Å². The van der Waals surface area contributed by atoms with Gasteiger partial charge in [-0.3, -0.25) is 0 Å². The van der Waals surface area contributed by atoms with Crippen molar-refractivity contribution in [3.05, 3.63) is 58.2 Å². The minimum atomic E-state index is -0.721. The Bertz CT molecular complexity index is 794. The minimum Gasteiger partial charge on any atom is -0.463 e. The summed E-state index contributed by atoms with van der Waals surface area (Å²) in [6.45, 7) is 3.48. The first-order valence-electron chi connectivity index (χ1n) is 6.99. The molecule has 6 heteroatoms. The second-order valence-corrected chi connectivity index (χ2v) is 4.85. The number of nitrogens with zero attached hydrogens (tertiary/aromatic N) is 2. The molecule has 6 nitrogen and oxygen atoms in total. The summed E-state index contributed by atoms with van der Waals surface area (Å²) in [7, 11) is 0. The standard InChI is InChI=1S/C17H15N3O3/c1-3-22-17(21)14-10(2)23-16(20)13(9-19)15(14)12-6-4-5-11(7-12)8-18/h4-7,15H,3,20H2,1-2H3. The van der Waals surface area contributed by atoms with Crippen LogP contribution < -0.4 is 5.73 Å². The maximum Gasteiger partial charge on any atom is 0.338 e. The average molecular weight is 309 g/mol. The van der Waals surface area contributed by atoms with Crippen molar-refractivity contribution >= 4 is 5.97 Å². The van der Waals surface area contributed by atoms with Gasteiger partial charge in [-0.25, -0.2) is 4.79 Å². The number of hydrogen-bond donors (Lipinski definition) is 1. The second-order valence-electron chi connectivity index (χ2n) is 4.85. The van der Waals surface area contributed by atoms with E-state index in [9.17, 15) is 10.1 Å². The van der Waals surface area contributed by atoms with Gasteiger partial charge in [0.05, 0.1) is 29.7 Å². The normalized spacial score (nSPS) is 17.1. The molecule has 0 amide bonds. The van der Waals surface area contributed by atoms with E-state index in [1.54, 1.807) is 38.1 Å². The predicted octanol–water partition coefficient (Wildman–Crippen LogP) is 2.20. The lowest BCUT2D eigenvalue weighted by Crippen LogP contribution is -2.25. The van der Waals surface area contributed by atoms with Gasteiger partial charge in [0.1, 0.15) is 17.4 Å². The zero-order valence-corrected chi connectivity index (χ0v) is 12.8. The Morgan fingerprint density at radius 1 is 1.39 bits per heavy atom. The van der Waals surface area contributed by atoms with Gasteiger partial charge in [0.15, 0.2) is 0 Å². The number of benzene rings is 1. The molecule has 1 heterocycles. The molecule has 0 spiro atoms. The molecule has 116 valence electrons. The van der Waals surface area contributed by atoms with Crippen molar-refractivity contribution in [1.82, 2.24) is 0 Å². The number of rotatable bonds is 3. The van der Waals surface area contributed by atoms with Crippen LogP contribution in [0, 0.1) is 22.7 Å². The van der Waals surface area contributed by atoms with Crippen LogP contribution in [0.15, 0.2) is 47.1 Å². The van der Waals surface area contributed by atoms with Crippen LogP contribution in [0.25, 0.3) is 0 Å². The van der Waals surface area contributed by atoms with Crippen LogP contribution in [-0.4, -0.2) is 12.6 Å². The molecule has 23 heavy (non-hydrogen) atoms. The molecule has 2 rings (SSSR count). The smallest absolute Gasteiger partial charge is 0.338 e. The van der Waals surface area contributed by atoms with Gasteiger partial charge in [-0.1, -0.05) is 12.1 Å². The highest BCUT2D eigenvalue weighted by Gasteiger charge is 2.36. The molecular formula is C17H15N3O3. The van der Waals surface area contributed by atoms with Crippen LogP contribution in [0.4, 0.5) is 0 Å². The third-order valence-corrected chi connectivity index (χ3v) is 3.45. The Kier molecular flexibility index (Phi) is 4.68. The van der Waals surface area contributed by atoms with E-state index in [-0.39, 0.29) is 29.4 Å². The molecule has 0 bridgehead atoms. The highest BCUT2D eigenvalue weighted by atomic mass is 16.5. The molecule has 1 aliphatic heterocycles. The van der Waals surface area contributed by atoms with Gasteiger partial charge in [-0.05, 0) is 31.5 Å². The first kappa shape index (κ1) is 16.1. The number of allylic oxidation sites excluding steroid dienone is 2. The van der Waals surface area contributed by atoms with Crippen molar-refractivity contribution < 1.29 is 14.3 Å². The summed E-state index contributed by atoms with van der Waals surface area (Å²) in [6, 6.07) is 10.7. The average Bonchev–Trinajstić information content (AvgIpc) is 2.54. The maximum atomic E-state index is 12.3. The number of carbonyl (C=O) groups is 1. The van der Waals surface area contributed by atoms with E-state index < -0.39 is 11.9 Å². The van der Waals surface area contributed by atoms with Gasteiger partial charge in [0, 0.05) is 0 Å². The number of nitriles is 2. The predicted molar refractivity (Wildman–Crippen MR) is 81.1 cm³/mol. The van der Waals surface area contributed by atoms with Gasteiger partial charge in [0.25, 0.3) is 0 Å². The monoisotopic (exact) mass is 309 g/mol. The second kappa shape index (κ2) is 6.67. The summed E-state index contributed by atoms with van der Waals surface area (Å²) in [6.07, 6.45) is 0. The molecule has 0 aromatic heterocycles. The molecule has 1 aromatic rings. The summed E-state index contributed by atoms with van der Waals surface area (Å²) in [5.41, 5.74) is 7.16. The zero-order valence-electron chi connectivity index (χ0n) is 12.8. The van der Waals surface area contributed by atoms with E-state index in [1.807, 2.05) is 12.1 Å². The molecule has 1 atom stereocenters. The number of ether oxygens (including phenoxy) is 2. The lowest BCUT2D eigenvalue weighted by atomic mass is 9.82. The molecule has 0 fully saturated rings. The summed E-state index contributed by atoms with van der Waals surface area (Å²) in [5.74, 6) is -1.06. The fraction of sp³-hybridized carbons (Fsp3) is 0.235. The minimum absolute atomic E-state index is 0.0505. The Hall–Kier alpha value is -3.25. The number of carbonyl (C=O) groups excluding carboxylic acids is 1. The number of nitrogens with two attached hydrogens (primary N) is 1. The van der Waals surface area contributed by atoms with Crippen molar-refractivity contribution in [2.24, 2.45) is 5.73 Å². The van der Waals surface area contributed by atoms with Crippen molar-refractivity contribution in [2.75, 3.05) is 6.61 Å². The Morgan fingerprint density at radius 3 is 2.74 bits per heavy atom. The van der Waals surface area contributed by atoms with Crippen LogP contribution in [0.1, 0.15) is 30.9 Å².